The lowest BCUT2D eigenvalue weighted by Gasteiger charge is -2.03. The molecule has 0 bridgehead atoms. The Hall–Kier alpha value is -2.29. The highest BCUT2D eigenvalue weighted by molar-refractivity contribution is 6.06. The second kappa shape index (κ2) is 4.18. The maximum Gasteiger partial charge on any atom is 0.302 e. The maximum absolute atomic E-state index is 10.9. The van der Waals surface area contributed by atoms with Gasteiger partial charge in [-0.15, -0.1) is 0 Å². The second-order valence-electron chi connectivity index (χ2n) is 4.17. The van der Waals surface area contributed by atoms with Gasteiger partial charge in [0, 0.05) is 23.3 Å². The van der Waals surface area contributed by atoms with Gasteiger partial charge in [-0.1, -0.05) is 30.3 Å². The molecule has 0 spiro atoms. The molecule has 0 unspecified atom stereocenters. The average Bonchev–Trinajstić information content (AvgIpc) is 2.75. The molecule has 0 N–H and O–H groups in total. The molecule has 0 aliphatic carbocycles. The van der Waals surface area contributed by atoms with Gasteiger partial charge >= 0.3 is 5.97 Å². The van der Waals surface area contributed by atoms with Crippen LogP contribution in [0, 0.1) is 0 Å². The van der Waals surface area contributed by atoms with E-state index in [1.807, 2.05) is 42.5 Å². The van der Waals surface area contributed by atoms with Crippen molar-refractivity contribution < 1.29 is 13.9 Å². The van der Waals surface area contributed by atoms with Crippen LogP contribution < -0.4 is 0 Å². The molecule has 1 aromatic heterocycles. The third kappa shape index (κ3) is 1.74. The predicted octanol–water partition coefficient (Wildman–Crippen LogP) is 3.65. The van der Waals surface area contributed by atoms with Crippen LogP contribution in [0.4, 0.5) is 0 Å². The monoisotopic (exact) mass is 240 g/mol. The Balaban J connectivity index is 2.21. The zero-order valence-electron chi connectivity index (χ0n) is 9.97. The summed E-state index contributed by atoms with van der Waals surface area (Å²) in [6, 6.07) is 13.6. The van der Waals surface area contributed by atoms with E-state index in [2.05, 4.69) is 0 Å². The van der Waals surface area contributed by atoms with Gasteiger partial charge in [-0.3, -0.25) is 4.79 Å². The van der Waals surface area contributed by atoms with Crippen LogP contribution in [0.1, 0.15) is 12.5 Å². The van der Waals surface area contributed by atoms with E-state index in [1.54, 1.807) is 0 Å². The molecule has 3 nitrogen and oxygen atoms in total. The van der Waals surface area contributed by atoms with Gasteiger partial charge in [0.2, 0.25) is 0 Å². The summed E-state index contributed by atoms with van der Waals surface area (Å²) in [4.78, 5) is 10.9. The number of fused-ring (bicyclic) bond motifs is 3. The van der Waals surface area contributed by atoms with Gasteiger partial charge in [0.25, 0.3) is 0 Å². The molecule has 90 valence electrons. The molecule has 3 heteroatoms. The number of para-hydroxylation sites is 1. The van der Waals surface area contributed by atoms with Crippen molar-refractivity contribution in [2.75, 3.05) is 0 Å². The van der Waals surface area contributed by atoms with E-state index >= 15 is 0 Å². The third-order valence-electron chi connectivity index (χ3n) is 2.92. The van der Waals surface area contributed by atoms with E-state index in [1.165, 1.54) is 6.92 Å². The molecule has 2 aromatic carbocycles. The highest BCUT2D eigenvalue weighted by Crippen LogP contribution is 2.31. The predicted molar refractivity (Wildman–Crippen MR) is 69.2 cm³/mol. The number of furan rings is 1. The van der Waals surface area contributed by atoms with Crippen LogP contribution in [0.2, 0.25) is 0 Å². The number of hydrogen-bond donors (Lipinski definition) is 0. The summed E-state index contributed by atoms with van der Waals surface area (Å²) in [5, 5.41) is 2.07. The summed E-state index contributed by atoms with van der Waals surface area (Å²) in [7, 11) is 0. The normalized spacial score (nSPS) is 10.9. The fourth-order valence-corrected chi connectivity index (χ4v) is 2.15. The number of hydrogen-bond acceptors (Lipinski definition) is 3. The molecule has 1 heterocycles. The van der Waals surface area contributed by atoms with Crippen molar-refractivity contribution in [3.05, 3.63) is 48.0 Å². The van der Waals surface area contributed by atoms with Crippen LogP contribution >= 0.6 is 0 Å². The quantitative estimate of drug-likeness (QED) is 0.642. The van der Waals surface area contributed by atoms with Gasteiger partial charge in [-0.2, -0.15) is 0 Å². The minimum Gasteiger partial charge on any atom is -0.461 e. The van der Waals surface area contributed by atoms with E-state index in [9.17, 15) is 4.79 Å². The summed E-state index contributed by atoms with van der Waals surface area (Å²) in [6.07, 6.45) is 0. The average molecular weight is 240 g/mol. The van der Waals surface area contributed by atoms with Crippen LogP contribution in [-0.2, 0) is 16.1 Å². The molecule has 0 atom stereocenters. The Morgan fingerprint density at radius 2 is 1.89 bits per heavy atom. The number of benzene rings is 2. The van der Waals surface area contributed by atoms with Gasteiger partial charge < -0.3 is 9.15 Å². The first-order chi connectivity index (χ1) is 8.75. The number of carbonyl (C=O) groups excluding carboxylic acids is 1. The Morgan fingerprint density at radius 1 is 1.11 bits per heavy atom. The standard InChI is InChI=1S/C15H12O3/c1-10(16)17-9-11-5-4-8-14-15(11)12-6-2-3-7-13(12)18-14/h2-8H,9H2,1H3. The maximum atomic E-state index is 10.9. The number of ether oxygens (including phenoxy) is 1. The fourth-order valence-electron chi connectivity index (χ4n) is 2.15. The first kappa shape index (κ1) is 10.8. The van der Waals surface area contributed by atoms with Crippen molar-refractivity contribution in [3.63, 3.8) is 0 Å². The van der Waals surface area contributed by atoms with E-state index in [0.29, 0.717) is 0 Å². The Bertz CT molecular complexity index is 725. The summed E-state index contributed by atoms with van der Waals surface area (Å²) in [5.41, 5.74) is 2.64. The zero-order chi connectivity index (χ0) is 12.5. The summed E-state index contributed by atoms with van der Waals surface area (Å²) in [5.74, 6) is -0.278. The first-order valence-electron chi connectivity index (χ1n) is 5.78. The number of rotatable bonds is 2. The fraction of sp³-hybridized carbons (Fsp3) is 0.133. The van der Waals surface area contributed by atoms with Crippen LogP contribution in [0.3, 0.4) is 0 Å². The van der Waals surface area contributed by atoms with Gasteiger partial charge in [-0.05, 0) is 12.1 Å². The molecular formula is C15H12O3. The third-order valence-corrected chi connectivity index (χ3v) is 2.92. The molecule has 0 saturated heterocycles. The molecule has 3 aromatic rings. The summed E-state index contributed by atoms with van der Waals surface area (Å²) < 4.78 is 10.8. The topological polar surface area (TPSA) is 39.4 Å². The smallest absolute Gasteiger partial charge is 0.302 e. The first-order valence-corrected chi connectivity index (χ1v) is 5.78. The van der Waals surface area contributed by atoms with Crippen molar-refractivity contribution in [2.45, 2.75) is 13.5 Å². The van der Waals surface area contributed by atoms with Gasteiger partial charge in [-0.25, -0.2) is 0 Å². The molecule has 0 aliphatic rings. The van der Waals surface area contributed by atoms with E-state index in [4.69, 9.17) is 9.15 Å². The van der Waals surface area contributed by atoms with Crippen molar-refractivity contribution in [3.8, 4) is 0 Å². The largest absolute Gasteiger partial charge is 0.461 e. The van der Waals surface area contributed by atoms with Crippen LogP contribution in [0.5, 0.6) is 0 Å². The van der Waals surface area contributed by atoms with Crippen molar-refractivity contribution in [1.29, 1.82) is 0 Å². The van der Waals surface area contributed by atoms with E-state index in [-0.39, 0.29) is 12.6 Å². The summed E-state index contributed by atoms with van der Waals surface area (Å²) in [6.45, 7) is 1.68. The van der Waals surface area contributed by atoms with Gasteiger partial charge in [0.05, 0.1) is 0 Å². The molecule has 0 saturated carbocycles. The van der Waals surface area contributed by atoms with Crippen molar-refractivity contribution in [2.24, 2.45) is 0 Å². The number of esters is 1. The molecule has 0 aliphatic heterocycles. The van der Waals surface area contributed by atoms with Crippen LogP contribution in [0.25, 0.3) is 21.9 Å². The highest BCUT2D eigenvalue weighted by Gasteiger charge is 2.10. The number of carbonyl (C=O) groups is 1. The SMILES string of the molecule is CC(=O)OCc1cccc2oc3ccccc3c12. The van der Waals surface area contributed by atoms with Crippen LogP contribution in [-0.4, -0.2) is 5.97 Å². The lowest BCUT2D eigenvalue weighted by molar-refractivity contribution is -0.142. The van der Waals surface area contributed by atoms with E-state index in [0.717, 1.165) is 27.5 Å². The Morgan fingerprint density at radius 3 is 2.72 bits per heavy atom. The zero-order valence-corrected chi connectivity index (χ0v) is 9.97. The van der Waals surface area contributed by atoms with Gasteiger partial charge in [0.15, 0.2) is 0 Å². The molecular weight excluding hydrogens is 228 g/mol. The molecule has 0 radical (unpaired) electrons. The van der Waals surface area contributed by atoms with E-state index < -0.39 is 0 Å². The molecule has 3 rings (SSSR count). The lowest BCUT2D eigenvalue weighted by atomic mass is 10.1. The Labute approximate surface area is 104 Å². The summed E-state index contributed by atoms with van der Waals surface area (Å²) >= 11 is 0. The Kier molecular flexibility index (Phi) is 2.52. The highest BCUT2D eigenvalue weighted by atomic mass is 16.5. The van der Waals surface area contributed by atoms with Crippen molar-refractivity contribution >= 4 is 27.9 Å². The minimum atomic E-state index is -0.278. The second-order valence-corrected chi connectivity index (χ2v) is 4.17. The molecule has 0 amide bonds. The van der Waals surface area contributed by atoms with Crippen molar-refractivity contribution in [1.82, 2.24) is 0 Å². The van der Waals surface area contributed by atoms with Gasteiger partial charge in [0.1, 0.15) is 17.8 Å². The minimum absolute atomic E-state index is 0.274. The molecule has 18 heavy (non-hydrogen) atoms. The van der Waals surface area contributed by atoms with Crippen LogP contribution in [0.15, 0.2) is 46.9 Å². The molecule has 0 fully saturated rings. The lowest BCUT2D eigenvalue weighted by Crippen LogP contribution is -1.98.